The minimum atomic E-state index is -0.570. The first-order valence-electron chi connectivity index (χ1n) is 7.62. The lowest BCUT2D eigenvalue weighted by molar-refractivity contribution is -0.383. The molecule has 1 aliphatic carbocycles. The van der Waals surface area contributed by atoms with E-state index in [1.165, 1.54) is 18.2 Å². The lowest BCUT2D eigenvalue weighted by atomic mass is 9.81. The number of hydrogen-bond acceptors (Lipinski definition) is 4. The fraction of sp³-hybridized carbons (Fsp3) is 0.294. The van der Waals surface area contributed by atoms with Gasteiger partial charge in [-0.3, -0.25) is 19.7 Å². The number of amides is 2. The van der Waals surface area contributed by atoms with Crippen molar-refractivity contribution in [2.45, 2.75) is 12.8 Å². The summed E-state index contributed by atoms with van der Waals surface area (Å²) in [5.41, 5.74) is -0.0443. The van der Waals surface area contributed by atoms with Crippen molar-refractivity contribution in [2.75, 3.05) is 11.9 Å². The summed E-state index contributed by atoms with van der Waals surface area (Å²) in [5, 5.41) is 16.3. The molecule has 2 unspecified atom stereocenters. The van der Waals surface area contributed by atoms with Crippen LogP contribution in [0.5, 0.6) is 0 Å². The predicted molar refractivity (Wildman–Crippen MR) is 90.3 cm³/mol. The van der Waals surface area contributed by atoms with Gasteiger partial charge in [0.05, 0.1) is 16.8 Å². The quantitative estimate of drug-likeness (QED) is 0.475. The molecule has 0 aromatic heterocycles. The highest BCUT2D eigenvalue weighted by Crippen LogP contribution is 2.29. The number of anilines is 1. The third-order valence-electron chi connectivity index (χ3n) is 3.89. The molecule has 1 aliphatic rings. The number of allylic oxidation sites excluding steroid dienone is 2. The molecule has 1 aromatic carbocycles. The van der Waals surface area contributed by atoms with Gasteiger partial charge in [-0.2, -0.15) is 0 Å². The highest BCUT2D eigenvalue weighted by molar-refractivity contribution is 5.97. The van der Waals surface area contributed by atoms with Gasteiger partial charge in [-0.25, -0.2) is 0 Å². The molecular weight excluding hydrogens is 310 g/mol. The lowest BCUT2D eigenvalue weighted by Gasteiger charge is -2.26. The predicted octanol–water partition coefficient (Wildman–Crippen LogP) is 2.42. The second kappa shape index (κ2) is 8.05. The molecule has 2 rings (SSSR count). The van der Waals surface area contributed by atoms with Crippen LogP contribution in [-0.2, 0) is 9.59 Å². The van der Waals surface area contributed by atoms with E-state index < -0.39 is 22.7 Å². The Kier molecular flexibility index (Phi) is 5.83. The summed E-state index contributed by atoms with van der Waals surface area (Å²) in [5.74, 6) is -1.69. The van der Waals surface area contributed by atoms with E-state index in [-0.39, 0.29) is 17.3 Å². The van der Waals surface area contributed by atoms with Gasteiger partial charge in [-0.1, -0.05) is 30.4 Å². The number of nitrogens with one attached hydrogen (secondary N) is 2. The smallest absolute Gasteiger partial charge is 0.292 e. The average molecular weight is 329 g/mol. The number of nitrogens with zero attached hydrogens (tertiary/aromatic N) is 1. The van der Waals surface area contributed by atoms with Gasteiger partial charge < -0.3 is 10.6 Å². The van der Waals surface area contributed by atoms with Crippen LogP contribution in [0, 0.1) is 22.0 Å². The molecule has 0 saturated carbocycles. The molecule has 0 radical (unpaired) electrons. The molecule has 7 heteroatoms. The Balaban J connectivity index is 2.15. The molecule has 0 aliphatic heterocycles. The molecule has 0 saturated heterocycles. The van der Waals surface area contributed by atoms with Gasteiger partial charge in [0.2, 0.25) is 11.8 Å². The Morgan fingerprint density at radius 2 is 1.83 bits per heavy atom. The number of nitro groups is 1. The van der Waals surface area contributed by atoms with Crippen molar-refractivity contribution in [2.24, 2.45) is 11.8 Å². The number of carbonyl (C=O) groups excluding carboxylic acids is 2. The Morgan fingerprint density at radius 1 is 1.21 bits per heavy atom. The Labute approximate surface area is 139 Å². The van der Waals surface area contributed by atoms with Gasteiger partial charge >= 0.3 is 0 Å². The van der Waals surface area contributed by atoms with E-state index in [4.69, 9.17) is 0 Å². The SMILES string of the molecule is C=CCNC(=O)C1CC=CCC1C(=O)Nc1ccccc1[N+](=O)[O-]. The van der Waals surface area contributed by atoms with E-state index in [1.807, 2.05) is 12.2 Å². The van der Waals surface area contributed by atoms with E-state index in [9.17, 15) is 19.7 Å². The van der Waals surface area contributed by atoms with Gasteiger partial charge in [0.25, 0.3) is 5.69 Å². The third-order valence-corrected chi connectivity index (χ3v) is 3.89. The van der Waals surface area contributed by atoms with E-state index >= 15 is 0 Å². The molecule has 1 aromatic rings. The van der Waals surface area contributed by atoms with E-state index in [1.54, 1.807) is 12.1 Å². The average Bonchev–Trinajstić information content (AvgIpc) is 2.59. The van der Waals surface area contributed by atoms with Gasteiger partial charge in [0.1, 0.15) is 5.69 Å². The molecule has 2 atom stereocenters. The second-order valence-electron chi connectivity index (χ2n) is 5.45. The molecule has 2 N–H and O–H groups in total. The second-order valence-corrected chi connectivity index (χ2v) is 5.45. The normalized spacial score (nSPS) is 19.3. The first-order valence-corrected chi connectivity index (χ1v) is 7.62. The topological polar surface area (TPSA) is 101 Å². The Bertz CT molecular complexity index is 684. The largest absolute Gasteiger partial charge is 0.352 e. The standard InChI is InChI=1S/C17H19N3O4/c1-2-11-18-16(21)12-7-3-4-8-13(12)17(22)19-14-9-5-6-10-15(14)20(23)24/h2-6,9-10,12-13H,1,7-8,11H2,(H,18,21)(H,19,22). The van der Waals surface area contributed by atoms with Crippen molar-refractivity contribution in [1.82, 2.24) is 5.32 Å². The zero-order valence-electron chi connectivity index (χ0n) is 13.1. The maximum Gasteiger partial charge on any atom is 0.292 e. The molecule has 126 valence electrons. The van der Waals surface area contributed by atoms with Crippen LogP contribution in [-0.4, -0.2) is 23.3 Å². The van der Waals surface area contributed by atoms with Crippen LogP contribution in [0.4, 0.5) is 11.4 Å². The van der Waals surface area contributed by atoms with Gasteiger partial charge in [0, 0.05) is 12.6 Å². The highest BCUT2D eigenvalue weighted by Gasteiger charge is 2.34. The van der Waals surface area contributed by atoms with Crippen LogP contribution in [0.2, 0.25) is 0 Å². The summed E-state index contributed by atoms with van der Waals surface area (Å²) in [6.07, 6.45) is 6.16. The van der Waals surface area contributed by atoms with Crippen molar-refractivity contribution in [3.8, 4) is 0 Å². The van der Waals surface area contributed by atoms with E-state index in [2.05, 4.69) is 17.2 Å². The Hall–Kier alpha value is -2.96. The van der Waals surface area contributed by atoms with Crippen molar-refractivity contribution < 1.29 is 14.5 Å². The van der Waals surface area contributed by atoms with Crippen LogP contribution in [0.15, 0.2) is 49.1 Å². The maximum absolute atomic E-state index is 12.6. The molecule has 2 amide bonds. The number of benzene rings is 1. The summed E-state index contributed by atoms with van der Waals surface area (Å²) in [7, 11) is 0. The number of carbonyl (C=O) groups is 2. The molecule has 0 heterocycles. The Morgan fingerprint density at radius 3 is 2.46 bits per heavy atom. The van der Waals surface area contributed by atoms with Crippen LogP contribution in [0.25, 0.3) is 0 Å². The van der Waals surface area contributed by atoms with Crippen LogP contribution < -0.4 is 10.6 Å². The summed E-state index contributed by atoms with van der Waals surface area (Å²) < 4.78 is 0. The summed E-state index contributed by atoms with van der Waals surface area (Å²) in [4.78, 5) is 35.3. The number of rotatable bonds is 6. The van der Waals surface area contributed by atoms with Crippen LogP contribution >= 0.6 is 0 Å². The van der Waals surface area contributed by atoms with Gasteiger partial charge in [-0.05, 0) is 18.9 Å². The fourth-order valence-corrected chi connectivity index (χ4v) is 2.66. The van der Waals surface area contributed by atoms with Gasteiger partial charge in [-0.15, -0.1) is 6.58 Å². The molecule has 24 heavy (non-hydrogen) atoms. The molecule has 7 nitrogen and oxygen atoms in total. The minimum absolute atomic E-state index is 0.132. The zero-order valence-corrected chi connectivity index (χ0v) is 13.1. The van der Waals surface area contributed by atoms with Crippen LogP contribution in [0.1, 0.15) is 12.8 Å². The molecular formula is C17H19N3O4. The lowest BCUT2D eigenvalue weighted by Crippen LogP contribution is -2.40. The van der Waals surface area contributed by atoms with E-state index in [0.29, 0.717) is 19.4 Å². The highest BCUT2D eigenvalue weighted by atomic mass is 16.6. The minimum Gasteiger partial charge on any atom is -0.352 e. The van der Waals surface area contributed by atoms with Crippen molar-refractivity contribution in [1.29, 1.82) is 0 Å². The van der Waals surface area contributed by atoms with Crippen LogP contribution in [0.3, 0.4) is 0 Å². The first-order chi connectivity index (χ1) is 11.5. The molecule has 0 spiro atoms. The maximum atomic E-state index is 12.6. The van der Waals surface area contributed by atoms with E-state index in [0.717, 1.165) is 0 Å². The van der Waals surface area contributed by atoms with Gasteiger partial charge in [0.15, 0.2) is 0 Å². The first kappa shape index (κ1) is 17.4. The fourth-order valence-electron chi connectivity index (χ4n) is 2.66. The monoisotopic (exact) mass is 329 g/mol. The summed E-state index contributed by atoms with van der Waals surface area (Å²) in [6.45, 7) is 3.87. The number of para-hydroxylation sites is 2. The summed E-state index contributed by atoms with van der Waals surface area (Å²) in [6, 6.07) is 5.94. The molecule has 0 fully saturated rings. The van der Waals surface area contributed by atoms with Crippen molar-refractivity contribution in [3.05, 3.63) is 59.2 Å². The molecule has 0 bridgehead atoms. The summed E-state index contributed by atoms with van der Waals surface area (Å²) >= 11 is 0. The van der Waals surface area contributed by atoms with Crippen molar-refractivity contribution >= 4 is 23.2 Å². The van der Waals surface area contributed by atoms with Crippen molar-refractivity contribution in [3.63, 3.8) is 0 Å². The third kappa shape index (κ3) is 4.07. The zero-order chi connectivity index (χ0) is 17.5. The number of hydrogen-bond donors (Lipinski definition) is 2. The number of nitro benzene ring substituents is 1.